The highest BCUT2D eigenvalue weighted by molar-refractivity contribution is 5.96. The SMILES string of the molecule is Cc1cc(C(=O)N2CCN(c3ccc(C(F)(F)F)cc3[N+](=O)[O-])CC2)c(C)n1Cc1ccccn1. The highest BCUT2D eigenvalue weighted by Crippen LogP contribution is 2.37. The van der Waals surface area contributed by atoms with Gasteiger partial charge in [-0.15, -0.1) is 0 Å². The maximum absolute atomic E-state index is 13.3. The summed E-state index contributed by atoms with van der Waals surface area (Å²) < 4.78 is 41.0. The van der Waals surface area contributed by atoms with Crippen molar-refractivity contribution in [2.75, 3.05) is 31.1 Å². The van der Waals surface area contributed by atoms with Crippen LogP contribution in [0, 0.1) is 24.0 Å². The molecule has 1 fully saturated rings. The van der Waals surface area contributed by atoms with Gasteiger partial charge in [-0.3, -0.25) is 19.9 Å². The second kappa shape index (κ2) is 9.40. The molecule has 1 aliphatic rings. The van der Waals surface area contributed by atoms with Crippen molar-refractivity contribution in [2.24, 2.45) is 0 Å². The molecule has 184 valence electrons. The Morgan fingerprint density at radius 2 is 1.80 bits per heavy atom. The van der Waals surface area contributed by atoms with Gasteiger partial charge in [0.2, 0.25) is 0 Å². The molecule has 1 aliphatic heterocycles. The molecule has 11 heteroatoms. The Kier molecular flexibility index (Phi) is 6.51. The second-order valence-electron chi connectivity index (χ2n) is 8.43. The molecular weight excluding hydrogens is 463 g/mol. The zero-order valence-corrected chi connectivity index (χ0v) is 19.2. The van der Waals surface area contributed by atoms with E-state index in [9.17, 15) is 28.1 Å². The third-order valence-electron chi connectivity index (χ3n) is 6.26. The first-order valence-corrected chi connectivity index (χ1v) is 11.0. The number of alkyl halides is 3. The monoisotopic (exact) mass is 487 g/mol. The van der Waals surface area contributed by atoms with E-state index in [1.807, 2.05) is 42.7 Å². The molecule has 0 spiro atoms. The fourth-order valence-electron chi connectivity index (χ4n) is 4.35. The summed E-state index contributed by atoms with van der Waals surface area (Å²) in [5.41, 5.74) is 1.64. The number of benzene rings is 1. The van der Waals surface area contributed by atoms with E-state index < -0.39 is 22.4 Å². The summed E-state index contributed by atoms with van der Waals surface area (Å²) in [5.74, 6) is -0.146. The molecule has 1 amide bonds. The molecule has 2 aromatic heterocycles. The maximum atomic E-state index is 13.3. The fourth-order valence-corrected chi connectivity index (χ4v) is 4.35. The van der Waals surface area contributed by atoms with Crippen molar-refractivity contribution in [3.05, 3.63) is 87.0 Å². The van der Waals surface area contributed by atoms with E-state index in [2.05, 4.69) is 4.98 Å². The van der Waals surface area contributed by atoms with Crippen LogP contribution in [-0.4, -0.2) is 51.5 Å². The van der Waals surface area contributed by atoms with Crippen LogP contribution in [0.1, 0.15) is 33.0 Å². The summed E-state index contributed by atoms with van der Waals surface area (Å²) in [4.78, 5) is 31.5. The highest BCUT2D eigenvalue weighted by Gasteiger charge is 2.34. The van der Waals surface area contributed by atoms with Crippen LogP contribution in [0.5, 0.6) is 0 Å². The van der Waals surface area contributed by atoms with Gasteiger partial charge in [0, 0.05) is 49.8 Å². The molecule has 0 atom stereocenters. The number of hydrogen-bond acceptors (Lipinski definition) is 5. The summed E-state index contributed by atoms with van der Waals surface area (Å²) in [6.07, 6.45) is -2.95. The third-order valence-corrected chi connectivity index (χ3v) is 6.26. The molecule has 4 rings (SSSR count). The van der Waals surface area contributed by atoms with Crippen molar-refractivity contribution in [1.29, 1.82) is 0 Å². The van der Waals surface area contributed by atoms with E-state index in [0.29, 0.717) is 31.3 Å². The van der Waals surface area contributed by atoms with Gasteiger partial charge in [0.15, 0.2) is 0 Å². The first kappa shape index (κ1) is 24.2. The number of aryl methyl sites for hydroxylation is 1. The number of carbonyl (C=O) groups excluding carboxylic acids is 1. The van der Waals surface area contributed by atoms with E-state index in [1.54, 1.807) is 16.0 Å². The van der Waals surface area contributed by atoms with E-state index in [4.69, 9.17) is 0 Å². The van der Waals surface area contributed by atoms with Crippen LogP contribution in [0.15, 0.2) is 48.7 Å². The minimum Gasteiger partial charge on any atom is -0.362 e. The van der Waals surface area contributed by atoms with Crippen molar-refractivity contribution in [2.45, 2.75) is 26.6 Å². The molecule has 0 radical (unpaired) electrons. The van der Waals surface area contributed by atoms with Gasteiger partial charge in [0.1, 0.15) is 5.69 Å². The normalized spacial score (nSPS) is 14.3. The summed E-state index contributed by atoms with van der Waals surface area (Å²) in [6, 6.07) is 10.0. The number of nitro groups is 1. The molecule has 1 aromatic carbocycles. The fraction of sp³-hybridized carbons (Fsp3) is 0.333. The number of aromatic nitrogens is 2. The van der Waals surface area contributed by atoms with Crippen LogP contribution in [-0.2, 0) is 12.7 Å². The Labute approximate surface area is 199 Å². The second-order valence-corrected chi connectivity index (χ2v) is 8.43. The van der Waals surface area contributed by atoms with Gasteiger partial charge in [-0.2, -0.15) is 13.2 Å². The number of nitro benzene ring substituents is 1. The minimum atomic E-state index is -4.67. The standard InChI is InChI=1S/C24H24F3N5O3/c1-16-13-20(17(2)31(16)15-19-5-3-4-8-28-19)23(33)30-11-9-29(10-12-30)21-7-6-18(24(25,26)27)14-22(21)32(34)35/h3-8,13-14H,9-12,15H2,1-2H3. The van der Waals surface area contributed by atoms with E-state index in [-0.39, 0.29) is 24.7 Å². The van der Waals surface area contributed by atoms with Crippen LogP contribution in [0.3, 0.4) is 0 Å². The van der Waals surface area contributed by atoms with E-state index >= 15 is 0 Å². The Bertz CT molecular complexity index is 1250. The lowest BCUT2D eigenvalue weighted by Crippen LogP contribution is -2.49. The topological polar surface area (TPSA) is 84.5 Å². The molecule has 35 heavy (non-hydrogen) atoms. The number of nitrogens with zero attached hydrogens (tertiary/aromatic N) is 5. The van der Waals surface area contributed by atoms with Crippen LogP contribution in [0.25, 0.3) is 0 Å². The third kappa shape index (κ3) is 4.98. The lowest BCUT2D eigenvalue weighted by Gasteiger charge is -2.36. The van der Waals surface area contributed by atoms with Crippen LogP contribution >= 0.6 is 0 Å². The Morgan fingerprint density at radius 1 is 1.09 bits per heavy atom. The first-order valence-electron chi connectivity index (χ1n) is 11.0. The number of hydrogen-bond donors (Lipinski definition) is 0. The summed E-state index contributed by atoms with van der Waals surface area (Å²) >= 11 is 0. The molecule has 0 N–H and O–H groups in total. The zero-order chi connectivity index (χ0) is 25.3. The highest BCUT2D eigenvalue weighted by atomic mass is 19.4. The molecule has 3 aromatic rings. The van der Waals surface area contributed by atoms with E-state index in [1.165, 1.54) is 0 Å². The number of rotatable bonds is 5. The zero-order valence-electron chi connectivity index (χ0n) is 19.2. The summed E-state index contributed by atoms with van der Waals surface area (Å²) in [5, 5.41) is 11.4. The van der Waals surface area contributed by atoms with Crippen molar-refractivity contribution in [1.82, 2.24) is 14.5 Å². The molecule has 0 bridgehead atoms. The number of pyridine rings is 1. The van der Waals surface area contributed by atoms with Gasteiger partial charge in [0.25, 0.3) is 11.6 Å². The summed E-state index contributed by atoms with van der Waals surface area (Å²) in [6.45, 7) is 5.47. The maximum Gasteiger partial charge on any atom is 0.416 e. The van der Waals surface area contributed by atoms with E-state index in [0.717, 1.165) is 29.2 Å². The van der Waals surface area contributed by atoms with Gasteiger partial charge >= 0.3 is 6.18 Å². The van der Waals surface area contributed by atoms with Gasteiger partial charge < -0.3 is 14.4 Å². The van der Waals surface area contributed by atoms with Crippen LogP contribution in [0.2, 0.25) is 0 Å². The molecule has 1 saturated heterocycles. The van der Waals surface area contributed by atoms with Gasteiger partial charge in [-0.25, -0.2) is 0 Å². The lowest BCUT2D eigenvalue weighted by molar-refractivity contribution is -0.384. The lowest BCUT2D eigenvalue weighted by atomic mass is 10.1. The summed E-state index contributed by atoms with van der Waals surface area (Å²) in [7, 11) is 0. The Morgan fingerprint density at radius 3 is 2.40 bits per heavy atom. The smallest absolute Gasteiger partial charge is 0.362 e. The predicted molar refractivity (Wildman–Crippen MR) is 123 cm³/mol. The average molecular weight is 487 g/mol. The quantitative estimate of drug-likeness (QED) is 0.393. The Balaban J connectivity index is 1.48. The van der Waals surface area contributed by atoms with Crippen molar-refractivity contribution in [3.8, 4) is 0 Å². The minimum absolute atomic E-state index is 0.114. The van der Waals surface area contributed by atoms with Gasteiger partial charge in [-0.1, -0.05) is 6.07 Å². The van der Waals surface area contributed by atoms with Gasteiger partial charge in [0.05, 0.1) is 28.3 Å². The number of anilines is 1. The molecule has 0 saturated carbocycles. The number of carbonyl (C=O) groups is 1. The van der Waals surface area contributed by atoms with Gasteiger partial charge in [-0.05, 0) is 44.2 Å². The predicted octanol–water partition coefficient (Wildman–Crippen LogP) is 4.44. The largest absolute Gasteiger partial charge is 0.416 e. The van der Waals surface area contributed by atoms with Crippen molar-refractivity contribution >= 4 is 17.3 Å². The molecule has 3 heterocycles. The molecule has 0 aliphatic carbocycles. The Hall–Kier alpha value is -3.89. The number of piperazine rings is 1. The first-order chi connectivity index (χ1) is 16.6. The van der Waals surface area contributed by atoms with Crippen molar-refractivity contribution < 1.29 is 22.9 Å². The number of halogens is 3. The van der Waals surface area contributed by atoms with Crippen molar-refractivity contribution in [3.63, 3.8) is 0 Å². The molecular formula is C24H24F3N5O3. The van der Waals surface area contributed by atoms with Crippen LogP contribution < -0.4 is 4.90 Å². The molecule has 0 unspecified atom stereocenters. The van der Waals surface area contributed by atoms with Crippen LogP contribution in [0.4, 0.5) is 24.5 Å². The average Bonchev–Trinajstić information content (AvgIpc) is 3.11. The molecule has 8 nitrogen and oxygen atoms in total. The number of amides is 1.